The third-order valence-corrected chi connectivity index (χ3v) is 4.46. The van der Waals surface area contributed by atoms with Gasteiger partial charge in [0.15, 0.2) is 0 Å². The average Bonchev–Trinajstić information content (AvgIpc) is 3.11. The van der Waals surface area contributed by atoms with Gasteiger partial charge in [0, 0.05) is 6.07 Å². The fraction of sp³-hybridized carbons (Fsp3) is 0.444. The van der Waals surface area contributed by atoms with Crippen LogP contribution < -0.4 is 5.32 Å². The number of aromatic nitrogens is 2. The molecule has 0 unspecified atom stereocenters. The number of nitrogens with one attached hydrogen (secondary N) is 1. The lowest BCUT2D eigenvalue weighted by molar-refractivity contribution is -0.120. The first-order valence-electron chi connectivity index (χ1n) is 8.14. The number of nitrogens with zero attached hydrogens (tertiary/aromatic N) is 2. The maximum Gasteiger partial charge on any atom is 0.228 e. The van der Waals surface area contributed by atoms with E-state index in [1.54, 1.807) is 16.9 Å². The van der Waals surface area contributed by atoms with Gasteiger partial charge in [-0.1, -0.05) is 42.7 Å². The number of benzene rings is 1. The highest BCUT2D eigenvalue weighted by Gasteiger charge is 2.33. The molecule has 2 N–H and O–H groups in total. The van der Waals surface area contributed by atoms with Gasteiger partial charge < -0.3 is 10.4 Å². The number of rotatable bonds is 5. The summed E-state index contributed by atoms with van der Waals surface area (Å²) in [5.41, 5.74) is 1.52. The van der Waals surface area contributed by atoms with Crippen molar-refractivity contribution in [3.05, 3.63) is 47.7 Å². The van der Waals surface area contributed by atoms with Crippen LogP contribution in [0, 0.1) is 6.92 Å². The maximum absolute atomic E-state index is 12.2. The molecule has 1 saturated carbocycles. The predicted octanol–water partition coefficient (Wildman–Crippen LogP) is 2.87. The molecule has 1 aliphatic rings. The molecule has 1 aliphatic carbocycles. The van der Waals surface area contributed by atoms with E-state index >= 15 is 0 Å². The molecule has 23 heavy (non-hydrogen) atoms. The molecule has 0 spiro atoms. The Morgan fingerprint density at radius 1 is 1.26 bits per heavy atom. The maximum atomic E-state index is 12.2. The summed E-state index contributed by atoms with van der Waals surface area (Å²) in [7, 11) is 0. The Morgan fingerprint density at radius 3 is 2.65 bits per heavy atom. The molecule has 1 amide bonds. The summed E-state index contributed by atoms with van der Waals surface area (Å²) < 4.78 is 1.77. The SMILES string of the molecule is Cc1ccc(Cn2nccc2NC(=O)CC2(O)CCCC2)cc1. The van der Waals surface area contributed by atoms with Gasteiger partial charge in [0.25, 0.3) is 0 Å². The second-order valence-corrected chi connectivity index (χ2v) is 6.52. The van der Waals surface area contributed by atoms with Crippen LogP contribution in [0.5, 0.6) is 0 Å². The molecule has 5 heteroatoms. The van der Waals surface area contributed by atoms with Gasteiger partial charge in [-0.3, -0.25) is 4.79 Å². The molecular weight excluding hydrogens is 290 g/mol. The van der Waals surface area contributed by atoms with Gasteiger partial charge in [-0.2, -0.15) is 5.10 Å². The van der Waals surface area contributed by atoms with Crippen molar-refractivity contribution in [3.63, 3.8) is 0 Å². The molecule has 0 saturated heterocycles. The Hall–Kier alpha value is -2.14. The summed E-state index contributed by atoms with van der Waals surface area (Å²) in [4.78, 5) is 12.2. The smallest absolute Gasteiger partial charge is 0.228 e. The average molecular weight is 313 g/mol. The minimum absolute atomic E-state index is 0.153. The minimum atomic E-state index is -0.827. The number of carbonyl (C=O) groups is 1. The molecule has 1 heterocycles. The van der Waals surface area contributed by atoms with Gasteiger partial charge in [0.05, 0.1) is 24.8 Å². The zero-order valence-electron chi connectivity index (χ0n) is 13.5. The van der Waals surface area contributed by atoms with E-state index in [2.05, 4.69) is 41.6 Å². The molecule has 0 aliphatic heterocycles. The lowest BCUT2D eigenvalue weighted by Crippen LogP contribution is -2.31. The number of hydrogen-bond acceptors (Lipinski definition) is 3. The van der Waals surface area contributed by atoms with Gasteiger partial charge in [0.2, 0.25) is 5.91 Å². The molecular formula is C18H23N3O2. The molecule has 122 valence electrons. The first kappa shape index (κ1) is 15.7. The van der Waals surface area contributed by atoms with Crippen molar-refractivity contribution in [2.24, 2.45) is 0 Å². The van der Waals surface area contributed by atoms with E-state index in [1.165, 1.54) is 5.56 Å². The van der Waals surface area contributed by atoms with Crippen LogP contribution in [0.4, 0.5) is 5.82 Å². The Balaban J connectivity index is 1.63. The standard InChI is InChI=1S/C18H23N3O2/c1-14-4-6-15(7-5-14)13-21-16(8-11-19-21)20-17(22)12-18(23)9-2-3-10-18/h4-8,11,23H,2-3,9-10,12-13H2,1H3,(H,20,22). The summed E-state index contributed by atoms with van der Waals surface area (Å²) >= 11 is 0. The van der Waals surface area contributed by atoms with E-state index in [1.807, 2.05) is 0 Å². The van der Waals surface area contributed by atoms with Crippen molar-refractivity contribution in [2.75, 3.05) is 5.32 Å². The van der Waals surface area contributed by atoms with Crippen LogP contribution in [0.3, 0.4) is 0 Å². The van der Waals surface area contributed by atoms with Gasteiger partial charge >= 0.3 is 0 Å². The van der Waals surface area contributed by atoms with Gasteiger partial charge in [0.1, 0.15) is 5.82 Å². The van der Waals surface area contributed by atoms with Crippen molar-refractivity contribution < 1.29 is 9.90 Å². The van der Waals surface area contributed by atoms with Gasteiger partial charge in [-0.25, -0.2) is 4.68 Å². The topological polar surface area (TPSA) is 67.2 Å². The molecule has 2 aromatic rings. The van der Waals surface area contributed by atoms with Gasteiger partial charge in [-0.15, -0.1) is 0 Å². The van der Waals surface area contributed by atoms with Crippen LogP contribution in [0.15, 0.2) is 36.5 Å². The van der Waals surface area contributed by atoms with Crippen molar-refractivity contribution in [2.45, 2.75) is 51.2 Å². The minimum Gasteiger partial charge on any atom is -0.389 e. The Labute approximate surface area is 136 Å². The predicted molar refractivity (Wildman–Crippen MR) is 89.2 cm³/mol. The third-order valence-electron chi connectivity index (χ3n) is 4.46. The van der Waals surface area contributed by atoms with Crippen LogP contribution in [0.1, 0.15) is 43.2 Å². The first-order valence-corrected chi connectivity index (χ1v) is 8.14. The summed E-state index contributed by atoms with van der Waals surface area (Å²) in [6.07, 6.45) is 5.24. The summed E-state index contributed by atoms with van der Waals surface area (Å²) in [5.74, 6) is 0.511. The van der Waals surface area contributed by atoms with E-state index in [9.17, 15) is 9.90 Å². The van der Waals surface area contributed by atoms with Crippen molar-refractivity contribution in [1.82, 2.24) is 9.78 Å². The number of aryl methyl sites for hydroxylation is 1. The molecule has 5 nitrogen and oxygen atoms in total. The fourth-order valence-corrected chi connectivity index (χ4v) is 3.13. The Bertz CT molecular complexity index is 670. The quantitative estimate of drug-likeness (QED) is 0.892. The highest BCUT2D eigenvalue weighted by atomic mass is 16.3. The number of carbonyl (C=O) groups excluding carboxylic acids is 1. The van der Waals surface area contributed by atoms with Crippen molar-refractivity contribution in [3.8, 4) is 0 Å². The van der Waals surface area contributed by atoms with Crippen molar-refractivity contribution >= 4 is 11.7 Å². The Morgan fingerprint density at radius 2 is 1.96 bits per heavy atom. The highest BCUT2D eigenvalue weighted by Crippen LogP contribution is 2.32. The van der Waals surface area contributed by atoms with Crippen molar-refractivity contribution in [1.29, 1.82) is 0 Å². The van der Waals surface area contributed by atoms with Crippen LogP contribution in [-0.4, -0.2) is 26.4 Å². The van der Waals surface area contributed by atoms with E-state index in [-0.39, 0.29) is 12.3 Å². The zero-order chi connectivity index (χ0) is 16.3. The number of anilines is 1. The molecule has 1 aromatic heterocycles. The van der Waals surface area contributed by atoms with E-state index in [0.29, 0.717) is 25.2 Å². The summed E-state index contributed by atoms with van der Waals surface area (Å²) in [6, 6.07) is 10.0. The normalized spacial score (nSPS) is 16.4. The molecule has 3 rings (SSSR count). The highest BCUT2D eigenvalue weighted by molar-refractivity contribution is 5.90. The number of hydrogen-bond donors (Lipinski definition) is 2. The number of aliphatic hydroxyl groups is 1. The van der Waals surface area contributed by atoms with Crippen LogP contribution >= 0.6 is 0 Å². The molecule has 1 aromatic carbocycles. The fourth-order valence-electron chi connectivity index (χ4n) is 3.13. The van der Waals surface area contributed by atoms with Gasteiger partial charge in [-0.05, 0) is 25.3 Å². The lowest BCUT2D eigenvalue weighted by Gasteiger charge is -2.21. The largest absolute Gasteiger partial charge is 0.389 e. The summed E-state index contributed by atoms with van der Waals surface area (Å²) in [5, 5.41) is 17.5. The molecule has 1 fully saturated rings. The van der Waals surface area contributed by atoms with E-state index in [4.69, 9.17) is 0 Å². The Kier molecular flexibility index (Phi) is 4.48. The lowest BCUT2D eigenvalue weighted by atomic mass is 9.98. The zero-order valence-corrected chi connectivity index (χ0v) is 13.5. The third kappa shape index (κ3) is 3.99. The summed E-state index contributed by atoms with van der Waals surface area (Å²) in [6.45, 7) is 2.66. The van der Waals surface area contributed by atoms with E-state index in [0.717, 1.165) is 18.4 Å². The molecule has 0 radical (unpaired) electrons. The monoisotopic (exact) mass is 313 g/mol. The molecule has 0 bridgehead atoms. The van der Waals surface area contributed by atoms with Crippen LogP contribution in [0.2, 0.25) is 0 Å². The second-order valence-electron chi connectivity index (χ2n) is 6.52. The van der Waals surface area contributed by atoms with Crippen LogP contribution in [-0.2, 0) is 11.3 Å². The second kappa shape index (κ2) is 6.54. The van der Waals surface area contributed by atoms with E-state index < -0.39 is 5.60 Å². The number of amides is 1. The molecule has 0 atom stereocenters. The van der Waals surface area contributed by atoms with Crippen LogP contribution in [0.25, 0.3) is 0 Å². The first-order chi connectivity index (χ1) is 11.0.